The summed E-state index contributed by atoms with van der Waals surface area (Å²) in [7, 11) is 0. The molecule has 8 heteroatoms. The molecule has 1 heterocycles. The highest BCUT2D eigenvalue weighted by Gasteiger charge is 2.45. The van der Waals surface area contributed by atoms with E-state index in [2.05, 4.69) is 5.32 Å². The number of thiophene rings is 1. The number of nitrogens with one attached hydrogen (secondary N) is 1. The van der Waals surface area contributed by atoms with Crippen LogP contribution in [0.25, 0.3) is 11.1 Å². The van der Waals surface area contributed by atoms with Gasteiger partial charge in [-0.15, -0.1) is 0 Å². The van der Waals surface area contributed by atoms with E-state index >= 15 is 0 Å². The van der Waals surface area contributed by atoms with Gasteiger partial charge < -0.3 is 10.4 Å². The Labute approximate surface area is 206 Å². The summed E-state index contributed by atoms with van der Waals surface area (Å²) in [5.41, 5.74) is -0.873. The second kappa shape index (κ2) is 10.2. The van der Waals surface area contributed by atoms with Gasteiger partial charge in [-0.2, -0.15) is 29.8 Å². The van der Waals surface area contributed by atoms with Crippen molar-refractivity contribution in [2.24, 2.45) is 5.92 Å². The van der Waals surface area contributed by atoms with Crippen LogP contribution in [-0.4, -0.2) is 16.6 Å². The number of carbonyl (C=O) groups excluding carboxylic acids is 1. The van der Waals surface area contributed by atoms with Gasteiger partial charge in [-0.05, 0) is 70.5 Å². The first-order valence-electron chi connectivity index (χ1n) is 11.5. The zero-order valence-corrected chi connectivity index (χ0v) is 19.8. The molecule has 1 aliphatic carbocycles. The highest BCUT2D eigenvalue weighted by Crippen LogP contribution is 2.39. The minimum Gasteiger partial charge on any atom is -0.379 e. The van der Waals surface area contributed by atoms with Gasteiger partial charge in [-0.3, -0.25) is 4.79 Å². The Hall–Kier alpha value is -3.15. The summed E-state index contributed by atoms with van der Waals surface area (Å²) in [6.07, 6.45) is -0.617. The molecule has 4 nitrogen and oxygen atoms in total. The topological polar surface area (TPSA) is 73.1 Å². The summed E-state index contributed by atoms with van der Waals surface area (Å²) in [4.78, 5) is 13.5. The predicted molar refractivity (Wildman–Crippen MR) is 130 cm³/mol. The lowest BCUT2D eigenvalue weighted by atomic mass is 9.73. The van der Waals surface area contributed by atoms with Crippen molar-refractivity contribution < 1.29 is 23.1 Å². The maximum absolute atomic E-state index is 13.5. The average Bonchev–Trinajstić information content (AvgIpc) is 3.39. The van der Waals surface area contributed by atoms with Gasteiger partial charge in [-0.1, -0.05) is 43.5 Å². The van der Waals surface area contributed by atoms with Crippen LogP contribution < -0.4 is 5.32 Å². The quantitative estimate of drug-likeness (QED) is 0.393. The number of aliphatic hydroxyl groups is 1. The molecule has 1 amide bonds. The molecule has 1 aromatic heterocycles. The summed E-state index contributed by atoms with van der Waals surface area (Å²) in [6.45, 7) is 0. The largest absolute Gasteiger partial charge is 0.417 e. The molecule has 1 fully saturated rings. The lowest BCUT2D eigenvalue weighted by molar-refractivity contribution is -0.142. The van der Waals surface area contributed by atoms with E-state index in [-0.39, 0.29) is 18.0 Å². The van der Waals surface area contributed by atoms with Crippen LogP contribution in [0.4, 0.5) is 18.9 Å². The van der Waals surface area contributed by atoms with E-state index in [0.29, 0.717) is 12.8 Å². The van der Waals surface area contributed by atoms with Crippen molar-refractivity contribution in [3.8, 4) is 17.2 Å². The van der Waals surface area contributed by atoms with Gasteiger partial charge >= 0.3 is 6.18 Å². The van der Waals surface area contributed by atoms with Crippen molar-refractivity contribution in [3.05, 3.63) is 76.0 Å². The molecular formula is C27H25F3N2O2S. The number of rotatable bonds is 6. The molecule has 1 atom stereocenters. The monoisotopic (exact) mass is 498 g/mol. The van der Waals surface area contributed by atoms with Crippen LogP contribution in [0.3, 0.4) is 0 Å². The summed E-state index contributed by atoms with van der Waals surface area (Å²) in [5, 5.41) is 27.4. The Morgan fingerprint density at radius 1 is 1.11 bits per heavy atom. The number of hydrogen-bond donors (Lipinski definition) is 2. The van der Waals surface area contributed by atoms with Gasteiger partial charge in [0.1, 0.15) is 5.60 Å². The highest BCUT2D eigenvalue weighted by molar-refractivity contribution is 7.08. The Bertz CT molecular complexity index is 1230. The van der Waals surface area contributed by atoms with Gasteiger partial charge in [0, 0.05) is 12.1 Å². The molecule has 1 saturated carbocycles. The van der Waals surface area contributed by atoms with Crippen LogP contribution >= 0.6 is 11.3 Å². The van der Waals surface area contributed by atoms with Crippen molar-refractivity contribution >= 4 is 22.9 Å². The first-order valence-corrected chi connectivity index (χ1v) is 12.4. The van der Waals surface area contributed by atoms with Crippen molar-refractivity contribution in [2.75, 3.05) is 5.32 Å². The van der Waals surface area contributed by atoms with Gasteiger partial charge in [0.25, 0.3) is 5.91 Å². The first kappa shape index (κ1) is 25.0. The molecule has 0 bridgehead atoms. The van der Waals surface area contributed by atoms with Crippen LogP contribution in [0.15, 0.2) is 59.3 Å². The summed E-state index contributed by atoms with van der Waals surface area (Å²) in [6, 6.07) is 14.1. The Morgan fingerprint density at radius 3 is 2.51 bits per heavy atom. The number of benzene rings is 2. The number of amides is 1. The number of nitriles is 1. The smallest absolute Gasteiger partial charge is 0.379 e. The normalized spacial score (nSPS) is 16.3. The fourth-order valence-corrected chi connectivity index (χ4v) is 5.50. The number of hydrogen-bond acceptors (Lipinski definition) is 4. The van der Waals surface area contributed by atoms with Crippen LogP contribution in [0.2, 0.25) is 0 Å². The Morgan fingerprint density at radius 2 is 1.86 bits per heavy atom. The lowest BCUT2D eigenvalue weighted by Crippen LogP contribution is -2.51. The predicted octanol–water partition coefficient (Wildman–Crippen LogP) is 6.80. The SMILES string of the molecule is N#Cc1ccc(NC(=O)C(O)(Cc2ccccc2-c2ccsc2)C2CCCCC2)cc1C(F)(F)F. The van der Waals surface area contributed by atoms with E-state index in [1.54, 1.807) is 11.3 Å². The third-order valence-corrected chi connectivity index (χ3v) is 7.37. The number of carbonyl (C=O) groups is 1. The summed E-state index contributed by atoms with van der Waals surface area (Å²) in [5.74, 6) is -1.06. The number of anilines is 1. The molecule has 1 aliphatic rings. The molecule has 0 spiro atoms. The van der Waals surface area contributed by atoms with E-state index in [1.807, 2.05) is 41.1 Å². The average molecular weight is 499 g/mol. The number of nitrogens with zero attached hydrogens (tertiary/aromatic N) is 1. The van der Waals surface area contributed by atoms with E-state index < -0.39 is 28.8 Å². The molecule has 4 rings (SSSR count). The minimum atomic E-state index is -4.75. The van der Waals surface area contributed by atoms with E-state index in [4.69, 9.17) is 5.26 Å². The zero-order valence-electron chi connectivity index (χ0n) is 18.9. The Balaban J connectivity index is 1.69. The minimum absolute atomic E-state index is 0.0396. The molecule has 2 N–H and O–H groups in total. The van der Waals surface area contributed by atoms with Crippen LogP contribution in [0.1, 0.15) is 48.8 Å². The number of halogens is 3. The standard InChI is InChI=1S/C27H25F3N2O2S/c28-27(29,30)24-14-22(11-10-19(24)16-31)32-25(33)26(34,21-7-2-1-3-8-21)15-18-6-4-5-9-23(18)20-12-13-35-17-20/h4-6,9-14,17,21,34H,1-3,7-8,15H2,(H,32,33). The fourth-order valence-electron chi connectivity index (χ4n) is 4.85. The van der Waals surface area contributed by atoms with Crippen molar-refractivity contribution in [1.82, 2.24) is 0 Å². The van der Waals surface area contributed by atoms with Gasteiger partial charge in [0.15, 0.2) is 0 Å². The molecule has 1 unspecified atom stereocenters. The van der Waals surface area contributed by atoms with Crippen LogP contribution in [0, 0.1) is 17.2 Å². The molecule has 0 aliphatic heterocycles. The molecule has 0 radical (unpaired) electrons. The lowest BCUT2D eigenvalue weighted by Gasteiger charge is -2.37. The second-order valence-electron chi connectivity index (χ2n) is 8.93. The van der Waals surface area contributed by atoms with Crippen molar-refractivity contribution in [1.29, 1.82) is 5.26 Å². The first-order chi connectivity index (χ1) is 16.7. The van der Waals surface area contributed by atoms with Gasteiger partial charge in [0.2, 0.25) is 0 Å². The summed E-state index contributed by atoms with van der Waals surface area (Å²) >= 11 is 1.55. The van der Waals surface area contributed by atoms with Crippen molar-refractivity contribution in [3.63, 3.8) is 0 Å². The molecule has 0 saturated heterocycles. The molecular weight excluding hydrogens is 473 g/mol. The molecule has 2 aromatic carbocycles. The van der Waals surface area contributed by atoms with Gasteiger partial charge in [-0.25, -0.2) is 0 Å². The third-order valence-electron chi connectivity index (χ3n) is 6.69. The third kappa shape index (κ3) is 5.42. The molecule has 3 aromatic rings. The second-order valence-corrected chi connectivity index (χ2v) is 9.71. The van der Waals surface area contributed by atoms with E-state index in [1.165, 1.54) is 12.1 Å². The fraction of sp³-hybridized carbons (Fsp3) is 0.333. The van der Waals surface area contributed by atoms with Crippen LogP contribution in [-0.2, 0) is 17.4 Å². The van der Waals surface area contributed by atoms with Crippen LogP contribution in [0.5, 0.6) is 0 Å². The molecule has 182 valence electrons. The van der Waals surface area contributed by atoms with E-state index in [9.17, 15) is 23.1 Å². The Kier molecular flexibility index (Phi) is 7.29. The summed E-state index contributed by atoms with van der Waals surface area (Å²) < 4.78 is 40.3. The zero-order chi connectivity index (χ0) is 25.1. The highest BCUT2D eigenvalue weighted by atomic mass is 32.1. The maximum Gasteiger partial charge on any atom is 0.417 e. The van der Waals surface area contributed by atoms with Crippen molar-refractivity contribution in [2.45, 2.75) is 50.3 Å². The molecule has 35 heavy (non-hydrogen) atoms. The maximum atomic E-state index is 13.5. The van der Waals surface area contributed by atoms with E-state index in [0.717, 1.165) is 48.1 Å². The number of alkyl halides is 3. The van der Waals surface area contributed by atoms with Gasteiger partial charge in [0.05, 0.1) is 17.2 Å².